The molecule has 5 heteroatoms. The minimum absolute atomic E-state index is 0.0425. The molecule has 0 unspecified atom stereocenters. The van der Waals surface area contributed by atoms with Crippen molar-refractivity contribution in [2.75, 3.05) is 26.2 Å². The highest BCUT2D eigenvalue weighted by atomic mass is 16.2. The maximum Gasteiger partial charge on any atom is 0.243 e. The summed E-state index contributed by atoms with van der Waals surface area (Å²) in [6, 6.07) is 2.30. The number of nitriles is 1. The van der Waals surface area contributed by atoms with E-state index in [2.05, 4.69) is 6.07 Å². The lowest BCUT2D eigenvalue weighted by atomic mass is 9.79. The molecule has 118 valence electrons. The Morgan fingerprint density at radius 1 is 1.05 bits per heavy atom. The molecule has 1 aliphatic rings. The Bertz CT molecular complexity index is 408. The van der Waals surface area contributed by atoms with Crippen LogP contribution in [0.2, 0.25) is 0 Å². The molecule has 0 N–H and O–H groups in total. The number of nitrogens with zero attached hydrogens (tertiary/aromatic N) is 3. The zero-order chi connectivity index (χ0) is 15.9. The molecule has 0 aromatic carbocycles. The number of amides is 2. The number of hydrogen-bond acceptors (Lipinski definition) is 3. The molecular formula is C16H27N3O2. The fourth-order valence-electron chi connectivity index (χ4n) is 3.09. The summed E-state index contributed by atoms with van der Waals surface area (Å²) in [5.41, 5.74) is -0.880. The number of hydrogen-bond donors (Lipinski definition) is 0. The molecule has 0 aromatic rings. The highest BCUT2D eigenvalue weighted by molar-refractivity contribution is 5.85. The van der Waals surface area contributed by atoms with Crippen LogP contribution in [0.5, 0.6) is 0 Å². The van der Waals surface area contributed by atoms with Crippen LogP contribution in [0.3, 0.4) is 0 Å². The Balaban J connectivity index is 2.84. The van der Waals surface area contributed by atoms with Gasteiger partial charge in [-0.25, -0.2) is 0 Å². The second kappa shape index (κ2) is 8.02. The van der Waals surface area contributed by atoms with Crippen LogP contribution in [0.25, 0.3) is 0 Å². The Kier molecular flexibility index (Phi) is 6.67. The van der Waals surface area contributed by atoms with Crippen molar-refractivity contribution in [1.29, 1.82) is 5.26 Å². The largest absolute Gasteiger partial charge is 0.341 e. The Labute approximate surface area is 127 Å². The van der Waals surface area contributed by atoms with Crippen LogP contribution < -0.4 is 0 Å². The van der Waals surface area contributed by atoms with Crippen molar-refractivity contribution in [2.45, 2.75) is 52.9 Å². The van der Waals surface area contributed by atoms with Gasteiger partial charge in [0.1, 0.15) is 5.41 Å². The van der Waals surface area contributed by atoms with Gasteiger partial charge in [-0.1, -0.05) is 26.7 Å². The zero-order valence-electron chi connectivity index (χ0n) is 13.5. The van der Waals surface area contributed by atoms with Gasteiger partial charge in [0, 0.05) is 33.1 Å². The second-order valence-corrected chi connectivity index (χ2v) is 5.85. The number of carbonyl (C=O) groups is 2. The Morgan fingerprint density at radius 3 is 2.05 bits per heavy atom. The first-order valence-electron chi connectivity index (χ1n) is 7.97. The van der Waals surface area contributed by atoms with Gasteiger partial charge in [0.05, 0.1) is 6.07 Å². The monoisotopic (exact) mass is 293 g/mol. The van der Waals surface area contributed by atoms with Crippen molar-refractivity contribution in [3.05, 3.63) is 0 Å². The van der Waals surface area contributed by atoms with Crippen LogP contribution in [0.1, 0.15) is 52.9 Å². The minimum Gasteiger partial charge on any atom is -0.341 e. The van der Waals surface area contributed by atoms with Gasteiger partial charge in [0.15, 0.2) is 0 Å². The fraction of sp³-hybridized carbons (Fsp3) is 0.812. The molecule has 0 radical (unpaired) electrons. The number of rotatable bonds is 5. The third-order valence-corrected chi connectivity index (χ3v) is 4.21. The van der Waals surface area contributed by atoms with E-state index in [0.29, 0.717) is 39.0 Å². The Morgan fingerprint density at radius 2 is 1.57 bits per heavy atom. The molecule has 1 rings (SSSR count). The molecule has 0 atom stereocenters. The topological polar surface area (TPSA) is 64.4 Å². The quantitative estimate of drug-likeness (QED) is 0.780. The van der Waals surface area contributed by atoms with Crippen LogP contribution in [0, 0.1) is 16.7 Å². The van der Waals surface area contributed by atoms with Crippen LogP contribution in [-0.4, -0.2) is 47.8 Å². The summed E-state index contributed by atoms with van der Waals surface area (Å²) in [5, 5.41) is 9.59. The van der Waals surface area contributed by atoms with Crippen molar-refractivity contribution in [3.63, 3.8) is 0 Å². The van der Waals surface area contributed by atoms with Crippen molar-refractivity contribution >= 4 is 11.8 Å². The SMILES string of the molecule is CCCC(C#N)(CCC)C(=O)N1CCCN(C(C)=O)CC1. The van der Waals surface area contributed by atoms with Crippen molar-refractivity contribution in [2.24, 2.45) is 5.41 Å². The first kappa shape index (κ1) is 17.5. The van der Waals surface area contributed by atoms with Crippen LogP contribution in [0.15, 0.2) is 0 Å². The average Bonchev–Trinajstić information content (AvgIpc) is 2.72. The summed E-state index contributed by atoms with van der Waals surface area (Å²) in [6.45, 7) is 8.02. The summed E-state index contributed by atoms with van der Waals surface area (Å²) in [4.78, 5) is 27.9. The maximum absolute atomic E-state index is 12.9. The first-order valence-corrected chi connectivity index (χ1v) is 7.97. The molecule has 21 heavy (non-hydrogen) atoms. The minimum atomic E-state index is -0.880. The predicted octanol–water partition coefficient (Wildman–Crippen LogP) is 2.18. The summed E-state index contributed by atoms with van der Waals surface area (Å²) in [6.07, 6.45) is 3.66. The second-order valence-electron chi connectivity index (χ2n) is 5.85. The van der Waals surface area contributed by atoms with Gasteiger partial charge in [-0.3, -0.25) is 9.59 Å². The summed E-state index contributed by atoms with van der Waals surface area (Å²) in [5.74, 6) is 0.0112. The van der Waals surface area contributed by atoms with E-state index in [4.69, 9.17) is 0 Å². The highest BCUT2D eigenvalue weighted by Crippen LogP contribution is 2.32. The van der Waals surface area contributed by atoms with Gasteiger partial charge in [-0.15, -0.1) is 0 Å². The normalized spacial score (nSPS) is 16.3. The lowest BCUT2D eigenvalue weighted by molar-refractivity contribution is -0.140. The molecule has 1 saturated heterocycles. The average molecular weight is 293 g/mol. The summed E-state index contributed by atoms with van der Waals surface area (Å²) >= 11 is 0. The molecule has 1 heterocycles. The molecular weight excluding hydrogens is 266 g/mol. The third kappa shape index (κ3) is 4.20. The highest BCUT2D eigenvalue weighted by Gasteiger charge is 2.40. The summed E-state index contributed by atoms with van der Waals surface area (Å²) in [7, 11) is 0. The van der Waals surface area contributed by atoms with Gasteiger partial charge in [-0.2, -0.15) is 5.26 Å². The molecule has 2 amide bonds. The fourth-order valence-corrected chi connectivity index (χ4v) is 3.09. The predicted molar refractivity (Wildman–Crippen MR) is 81.3 cm³/mol. The summed E-state index contributed by atoms with van der Waals surface area (Å²) < 4.78 is 0. The van der Waals surface area contributed by atoms with E-state index in [0.717, 1.165) is 19.3 Å². The third-order valence-electron chi connectivity index (χ3n) is 4.21. The van der Waals surface area contributed by atoms with Gasteiger partial charge >= 0.3 is 0 Å². The van der Waals surface area contributed by atoms with E-state index in [-0.39, 0.29) is 11.8 Å². The van der Waals surface area contributed by atoms with E-state index in [1.165, 1.54) is 0 Å². The van der Waals surface area contributed by atoms with Gasteiger partial charge < -0.3 is 9.80 Å². The van der Waals surface area contributed by atoms with E-state index < -0.39 is 5.41 Å². The van der Waals surface area contributed by atoms with Crippen molar-refractivity contribution < 1.29 is 9.59 Å². The van der Waals surface area contributed by atoms with E-state index in [1.807, 2.05) is 13.8 Å². The lowest BCUT2D eigenvalue weighted by Gasteiger charge is -2.31. The van der Waals surface area contributed by atoms with E-state index in [1.54, 1.807) is 16.7 Å². The molecule has 0 bridgehead atoms. The van der Waals surface area contributed by atoms with Crippen LogP contribution in [-0.2, 0) is 9.59 Å². The molecule has 0 spiro atoms. The zero-order valence-corrected chi connectivity index (χ0v) is 13.5. The lowest BCUT2D eigenvalue weighted by Crippen LogP contribution is -2.45. The van der Waals surface area contributed by atoms with Crippen LogP contribution in [0.4, 0.5) is 0 Å². The molecule has 0 aliphatic carbocycles. The van der Waals surface area contributed by atoms with Crippen molar-refractivity contribution in [1.82, 2.24) is 9.80 Å². The van der Waals surface area contributed by atoms with Gasteiger partial charge in [0.2, 0.25) is 11.8 Å². The van der Waals surface area contributed by atoms with Crippen molar-refractivity contribution in [3.8, 4) is 6.07 Å². The van der Waals surface area contributed by atoms with Gasteiger partial charge in [-0.05, 0) is 19.3 Å². The molecule has 0 aromatic heterocycles. The maximum atomic E-state index is 12.9. The number of carbonyl (C=O) groups excluding carboxylic acids is 2. The van der Waals surface area contributed by atoms with Gasteiger partial charge in [0.25, 0.3) is 0 Å². The Hall–Kier alpha value is -1.57. The van der Waals surface area contributed by atoms with E-state index >= 15 is 0 Å². The van der Waals surface area contributed by atoms with Crippen LogP contribution >= 0.6 is 0 Å². The standard InChI is InChI=1S/C16H27N3O2/c1-4-7-16(13-17,8-5-2)15(21)19-10-6-9-18(11-12-19)14(3)20/h4-12H2,1-3H3. The molecule has 5 nitrogen and oxygen atoms in total. The smallest absolute Gasteiger partial charge is 0.243 e. The molecule has 0 saturated carbocycles. The molecule has 1 fully saturated rings. The van der Waals surface area contributed by atoms with E-state index in [9.17, 15) is 14.9 Å². The molecule has 1 aliphatic heterocycles. The first-order chi connectivity index (χ1) is 10.0.